The van der Waals surface area contributed by atoms with E-state index < -0.39 is 11.4 Å². The van der Waals surface area contributed by atoms with Gasteiger partial charge < -0.3 is 9.30 Å². The zero-order chi connectivity index (χ0) is 18.1. The van der Waals surface area contributed by atoms with E-state index in [0.717, 1.165) is 0 Å². The van der Waals surface area contributed by atoms with Crippen molar-refractivity contribution < 1.29 is 14.3 Å². The average molecular weight is 330 g/mol. The van der Waals surface area contributed by atoms with E-state index in [4.69, 9.17) is 4.74 Å². The molecule has 1 aromatic carbocycles. The maximum Gasteiger partial charge on any atom is 0.338 e. The molecular weight excluding hydrogens is 308 g/mol. The number of hydrogen-bond acceptors (Lipinski definition) is 5. The van der Waals surface area contributed by atoms with E-state index in [1.807, 2.05) is 6.92 Å². The zero-order valence-electron chi connectivity index (χ0n) is 14.7. The average Bonchev–Trinajstić information content (AvgIpc) is 2.52. The topological polar surface area (TPSA) is 78.3 Å². The smallest absolute Gasteiger partial charge is 0.338 e. The molecule has 0 fully saturated rings. The van der Waals surface area contributed by atoms with Gasteiger partial charge in [-0.1, -0.05) is 20.8 Å². The molecule has 0 N–H and O–H groups in total. The van der Waals surface area contributed by atoms with Crippen LogP contribution in [0, 0.1) is 12.3 Å². The summed E-state index contributed by atoms with van der Waals surface area (Å²) >= 11 is 0. The molecule has 128 valence electrons. The van der Waals surface area contributed by atoms with Crippen LogP contribution in [0.3, 0.4) is 0 Å². The van der Waals surface area contributed by atoms with Gasteiger partial charge in [-0.05, 0) is 32.0 Å². The van der Waals surface area contributed by atoms with Gasteiger partial charge in [-0.3, -0.25) is 9.59 Å². The van der Waals surface area contributed by atoms with Crippen LogP contribution in [-0.4, -0.2) is 27.9 Å². The first-order valence-electron chi connectivity index (χ1n) is 7.86. The van der Waals surface area contributed by atoms with E-state index >= 15 is 0 Å². The molecule has 0 saturated carbocycles. The third-order valence-corrected chi connectivity index (χ3v) is 3.83. The summed E-state index contributed by atoms with van der Waals surface area (Å²) in [5.41, 5.74) is 1.19. The van der Waals surface area contributed by atoms with Crippen LogP contribution in [0.5, 0.6) is 0 Å². The molecule has 2 aromatic rings. The van der Waals surface area contributed by atoms with Crippen molar-refractivity contribution in [1.29, 1.82) is 0 Å². The number of esters is 1. The fraction of sp³-hybridized carbons (Fsp3) is 0.444. The van der Waals surface area contributed by atoms with Crippen LogP contribution in [-0.2, 0) is 16.1 Å². The third kappa shape index (κ3) is 3.53. The minimum absolute atomic E-state index is 0.142. The van der Waals surface area contributed by atoms with E-state index in [2.05, 4.69) is 4.98 Å². The van der Waals surface area contributed by atoms with Gasteiger partial charge in [0.25, 0.3) is 5.56 Å². The fourth-order valence-corrected chi connectivity index (χ4v) is 2.25. The molecule has 0 radical (unpaired) electrons. The highest BCUT2D eigenvalue weighted by atomic mass is 16.5. The van der Waals surface area contributed by atoms with Gasteiger partial charge in [0.2, 0.25) is 0 Å². The number of ketones is 1. The molecular formula is C18H22N2O4. The monoisotopic (exact) mass is 330 g/mol. The number of nitrogens with zero attached hydrogens (tertiary/aromatic N) is 2. The molecule has 0 unspecified atom stereocenters. The van der Waals surface area contributed by atoms with Crippen LogP contribution in [0.4, 0.5) is 0 Å². The molecule has 0 spiro atoms. The number of Topliss-reactive ketones (excluding diaryl/α,β-unsaturated/α-hetero) is 1. The Labute approximate surface area is 140 Å². The number of hydrogen-bond donors (Lipinski definition) is 0. The molecule has 0 aliphatic rings. The maximum atomic E-state index is 12.2. The largest absolute Gasteiger partial charge is 0.454 e. The Kier molecular flexibility index (Phi) is 4.87. The lowest BCUT2D eigenvalue weighted by atomic mass is 9.91. The van der Waals surface area contributed by atoms with Gasteiger partial charge in [-0.15, -0.1) is 0 Å². The molecule has 6 heteroatoms. The summed E-state index contributed by atoms with van der Waals surface area (Å²) in [4.78, 5) is 40.3. The van der Waals surface area contributed by atoms with Gasteiger partial charge in [-0.2, -0.15) is 0 Å². The Morgan fingerprint density at radius 1 is 1.25 bits per heavy atom. The number of rotatable bonds is 4. The van der Waals surface area contributed by atoms with Gasteiger partial charge in [-0.25, -0.2) is 9.78 Å². The molecule has 0 bridgehead atoms. The first kappa shape index (κ1) is 17.8. The second-order valence-electron chi connectivity index (χ2n) is 6.70. The lowest BCUT2D eigenvalue weighted by molar-refractivity contribution is -0.129. The Hall–Kier alpha value is -2.50. The Bertz CT molecular complexity index is 860. The van der Waals surface area contributed by atoms with Gasteiger partial charge >= 0.3 is 5.97 Å². The number of ether oxygens (including phenoxy) is 1. The van der Waals surface area contributed by atoms with Crippen LogP contribution in [0.25, 0.3) is 11.0 Å². The van der Waals surface area contributed by atoms with Crippen LogP contribution in [0.1, 0.15) is 43.7 Å². The van der Waals surface area contributed by atoms with Crippen molar-refractivity contribution in [1.82, 2.24) is 9.55 Å². The lowest BCUT2D eigenvalue weighted by Crippen LogP contribution is -2.26. The number of benzene rings is 1. The normalized spacial score (nSPS) is 11.5. The number of fused-ring (bicyclic) bond motifs is 1. The first-order chi connectivity index (χ1) is 11.1. The summed E-state index contributed by atoms with van der Waals surface area (Å²) in [7, 11) is 0. The number of aromatic nitrogens is 2. The highest BCUT2D eigenvalue weighted by Gasteiger charge is 2.23. The van der Waals surface area contributed by atoms with Crippen LogP contribution in [0.15, 0.2) is 23.0 Å². The van der Waals surface area contributed by atoms with Crippen LogP contribution < -0.4 is 5.56 Å². The Morgan fingerprint density at radius 2 is 1.92 bits per heavy atom. The summed E-state index contributed by atoms with van der Waals surface area (Å²) in [6.07, 6.45) is 0. The van der Waals surface area contributed by atoms with Crippen LogP contribution in [0.2, 0.25) is 0 Å². The van der Waals surface area contributed by atoms with Gasteiger partial charge in [0, 0.05) is 12.0 Å². The van der Waals surface area contributed by atoms with Crippen molar-refractivity contribution in [2.24, 2.45) is 5.41 Å². The standard InChI is InChI=1S/C18H22N2O4/c1-6-20-14-8-7-12(9-13(14)19-11(2)16(20)22)17(23)24-10-15(21)18(3,4)5/h7-9H,6,10H2,1-5H3. The Balaban J connectivity index is 2.31. The number of aryl methyl sites for hydroxylation is 2. The lowest BCUT2D eigenvalue weighted by Gasteiger charge is -2.16. The van der Waals surface area contributed by atoms with Crippen molar-refractivity contribution in [3.8, 4) is 0 Å². The molecule has 0 atom stereocenters. The van der Waals surface area contributed by atoms with E-state index in [-0.39, 0.29) is 17.9 Å². The van der Waals surface area contributed by atoms with E-state index in [0.29, 0.717) is 28.8 Å². The van der Waals surface area contributed by atoms with Crippen molar-refractivity contribution in [3.05, 3.63) is 39.8 Å². The Morgan fingerprint density at radius 3 is 2.50 bits per heavy atom. The van der Waals surface area contributed by atoms with Crippen molar-refractivity contribution in [2.45, 2.75) is 41.2 Å². The molecule has 1 aromatic heterocycles. The van der Waals surface area contributed by atoms with Gasteiger partial charge in [0.05, 0.1) is 16.6 Å². The number of carbonyl (C=O) groups excluding carboxylic acids is 2. The van der Waals surface area contributed by atoms with Crippen molar-refractivity contribution in [3.63, 3.8) is 0 Å². The SMILES string of the molecule is CCn1c(=O)c(C)nc2cc(C(=O)OCC(=O)C(C)(C)C)ccc21. The predicted octanol–water partition coefficient (Wildman–Crippen LogP) is 2.50. The molecule has 0 aliphatic carbocycles. The fourth-order valence-electron chi connectivity index (χ4n) is 2.25. The second kappa shape index (κ2) is 6.55. The first-order valence-corrected chi connectivity index (χ1v) is 7.86. The van der Waals surface area contributed by atoms with E-state index in [9.17, 15) is 14.4 Å². The minimum Gasteiger partial charge on any atom is -0.454 e. The zero-order valence-corrected chi connectivity index (χ0v) is 14.7. The van der Waals surface area contributed by atoms with Crippen LogP contribution >= 0.6 is 0 Å². The highest BCUT2D eigenvalue weighted by Crippen LogP contribution is 2.17. The van der Waals surface area contributed by atoms with E-state index in [1.165, 1.54) is 0 Å². The van der Waals surface area contributed by atoms with E-state index in [1.54, 1.807) is 50.5 Å². The maximum absolute atomic E-state index is 12.2. The quantitative estimate of drug-likeness (QED) is 0.805. The van der Waals surface area contributed by atoms with Crippen molar-refractivity contribution in [2.75, 3.05) is 6.61 Å². The summed E-state index contributed by atoms with van der Waals surface area (Å²) in [5, 5.41) is 0. The summed E-state index contributed by atoms with van der Waals surface area (Å²) in [6, 6.07) is 4.83. The molecule has 0 aliphatic heterocycles. The second-order valence-corrected chi connectivity index (χ2v) is 6.70. The molecule has 6 nitrogen and oxygen atoms in total. The van der Waals surface area contributed by atoms with Gasteiger partial charge in [0.15, 0.2) is 12.4 Å². The highest BCUT2D eigenvalue weighted by molar-refractivity contribution is 5.95. The predicted molar refractivity (Wildman–Crippen MR) is 91.2 cm³/mol. The minimum atomic E-state index is -0.580. The number of carbonyl (C=O) groups is 2. The third-order valence-electron chi connectivity index (χ3n) is 3.83. The molecule has 24 heavy (non-hydrogen) atoms. The summed E-state index contributed by atoms with van der Waals surface area (Å²) in [6.45, 7) is 9.09. The van der Waals surface area contributed by atoms with Crippen molar-refractivity contribution >= 4 is 22.8 Å². The molecule has 0 saturated heterocycles. The molecule has 2 rings (SSSR count). The summed E-state index contributed by atoms with van der Waals surface area (Å²) < 4.78 is 6.70. The molecule has 0 amide bonds. The molecule has 1 heterocycles. The summed E-state index contributed by atoms with van der Waals surface area (Å²) in [5.74, 6) is -0.728. The van der Waals surface area contributed by atoms with Gasteiger partial charge in [0.1, 0.15) is 5.69 Å².